The average Bonchev–Trinajstić information content (AvgIpc) is 2.79. The number of ether oxygens (including phenoxy) is 2. The van der Waals surface area contributed by atoms with E-state index in [4.69, 9.17) is 9.47 Å². The van der Waals surface area contributed by atoms with Crippen LogP contribution in [-0.4, -0.2) is 33.1 Å². The number of hydrogen-bond donors (Lipinski definition) is 1. The lowest BCUT2D eigenvalue weighted by Crippen LogP contribution is -2.26. The molecule has 0 saturated carbocycles. The predicted molar refractivity (Wildman–Crippen MR) is 113 cm³/mol. The van der Waals surface area contributed by atoms with Crippen LogP contribution in [0.1, 0.15) is 20.7 Å². The second-order valence-electron chi connectivity index (χ2n) is 6.30. The molecule has 0 heterocycles. The molecule has 3 aromatic rings. The molecule has 2 amide bonds. The number of hydrogen-bond acceptors (Lipinski definition) is 4. The molecule has 148 valence electrons. The molecule has 0 aliphatic carbocycles. The highest BCUT2D eigenvalue weighted by atomic mass is 16.5. The highest BCUT2D eigenvalue weighted by Crippen LogP contribution is 2.29. The second-order valence-corrected chi connectivity index (χ2v) is 6.30. The molecule has 0 fully saturated rings. The minimum absolute atomic E-state index is 0.153. The van der Waals surface area contributed by atoms with Crippen LogP contribution in [0.15, 0.2) is 72.8 Å². The van der Waals surface area contributed by atoms with E-state index < -0.39 is 0 Å². The number of para-hydroxylation sites is 1. The van der Waals surface area contributed by atoms with Gasteiger partial charge in [-0.2, -0.15) is 0 Å². The summed E-state index contributed by atoms with van der Waals surface area (Å²) in [5.41, 5.74) is 2.25. The molecular formula is C23H22N2O4. The lowest BCUT2D eigenvalue weighted by molar-refractivity contribution is 0.0989. The number of methoxy groups -OCH3 is 2. The summed E-state index contributed by atoms with van der Waals surface area (Å²) in [6.45, 7) is 0. The highest BCUT2D eigenvalue weighted by molar-refractivity contribution is 6.08. The topological polar surface area (TPSA) is 67.9 Å². The Morgan fingerprint density at radius 3 is 2.10 bits per heavy atom. The number of nitrogens with zero attached hydrogens (tertiary/aromatic N) is 1. The number of nitrogens with one attached hydrogen (secondary N) is 1. The Kier molecular flexibility index (Phi) is 6.14. The van der Waals surface area contributed by atoms with Gasteiger partial charge in [0.05, 0.1) is 19.9 Å². The molecule has 29 heavy (non-hydrogen) atoms. The summed E-state index contributed by atoms with van der Waals surface area (Å²) in [5, 5.41) is 2.81. The van der Waals surface area contributed by atoms with Crippen molar-refractivity contribution in [2.24, 2.45) is 0 Å². The Bertz CT molecular complexity index is 1000. The predicted octanol–water partition coefficient (Wildman–Crippen LogP) is 4.23. The molecule has 6 heteroatoms. The van der Waals surface area contributed by atoms with Crippen molar-refractivity contribution in [2.75, 3.05) is 31.5 Å². The van der Waals surface area contributed by atoms with Gasteiger partial charge in [-0.15, -0.1) is 0 Å². The van der Waals surface area contributed by atoms with E-state index in [-0.39, 0.29) is 11.8 Å². The van der Waals surface area contributed by atoms with E-state index in [9.17, 15) is 9.59 Å². The third kappa shape index (κ3) is 4.55. The van der Waals surface area contributed by atoms with E-state index in [0.29, 0.717) is 28.3 Å². The van der Waals surface area contributed by atoms with Crippen molar-refractivity contribution in [3.63, 3.8) is 0 Å². The molecule has 1 N–H and O–H groups in total. The van der Waals surface area contributed by atoms with Crippen LogP contribution in [0.2, 0.25) is 0 Å². The Labute approximate surface area is 169 Å². The van der Waals surface area contributed by atoms with Gasteiger partial charge in [0.15, 0.2) is 0 Å². The van der Waals surface area contributed by atoms with Gasteiger partial charge in [0.1, 0.15) is 11.5 Å². The Morgan fingerprint density at radius 1 is 0.828 bits per heavy atom. The molecule has 0 atom stereocenters. The molecule has 0 spiro atoms. The number of carbonyl (C=O) groups excluding carboxylic acids is 2. The van der Waals surface area contributed by atoms with Crippen molar-refractivity contribution < 1.29 is 19.1 Å². The van der Waals surface area contributed by atoms with Crippen LogP contribution in [0.5, 0.6) is 11.5 Å². The zero-order valence-corrected chi connectivity index (χ0v) is 16.5. The molecule has 0 radical (unpaired) electrons. The standard InChI is InChI=1S/C23H22N2O4/c1-25(18-7-5-4-6-8-18)23(27)17-11-9-16(10-12-17)22(26)24-20-14-13-19(28-2)15-21(20)29-3/h4-15H,1-3H3,(H,24,26). The Balaban J connectivity index is 1.73. The molecule has 0 aromatic heterocycles. The third-order valence-corrected chi connectivity index (χ3v) is 4.50. The molecule has 0 aliphatic heterocycles. The fraction of sp³-hybridized carbons (Fsp3) is 0.130. The van der Waals surface area contributed by atoms with Crippen molar-refractivity contribution in [3.05, 3.63) is 83.9 Å². The first-order chi connectivity index (χ1) is 14.0. The summed E-state index contributed by atoms with van der Waals surface area (Å²) in [5.74, 6) is 0.670. The van der Waals surface area contributed by atoms with Crippen molar-refractivity contribution in [1.82, 2.24) is 0 Å². The zero-order chi connectivity index (χ0) is 20.8. The SMILES string of the molecule is COc1ccc(NC(=O)c2ccc(C(=O)N(C)c3ccccc3)cc2)c(OC)c1. The highest BCUT2D eigenvalue weighted by Gasteiger charge is 2.15. The quantitative estimate of drug-likeness (QED) is 0.684. The summed E-state index contributed by atoms with van der Waals surface area (Å²) in [6, 6.07) is 21.0. The maximum Gasteiger partial charge on any atom is 0.258 e. The van der Waals surface area contributed by atoms with Crippen LogP contribution >= 0.6 is 0 Å². The van der Waals surface area contributed by atoms with Crippen molar-refractivity contribution in [1.29, 1.82) is 0 Å². The first-order valence-corrected chi connectivity index (χ1v) is 9.00. The number of anilines is 2. The van der Waals surface area contributed by atoms with Gasteiger partial charge in [-0.1, -0.05) is 18.2 Å². The van der Waals surface area contributed by atoms with Crippen LogP contribution in [0.3, 0.4) is 0 Å². The first kappa shape index (κ1) is 19.9. The van der Waals surface area contributed by atoms with Gasteiger partial charge in [0, 0.05) is 29.9 Å². The van der Waals surface area contributed by atoms with Gasteiger partial charge < -0.3 is 19.7 Å². The van der Waals surface area contributed by atoms with Crippen LogP contribution in [0, 0.1) is 0 Å². The molecule has 0 bridgehead atoms. The fourth-order valence-corrected chi connectivity index (χ4v) is 2.82. The van der Waals surface area contributed by atoms with Gasteiger partial charge >= 0.3 is 0 Å². The zero-order valence-electron chi connectivity index (χ0n) is 16.5. The number of carbonyl (C=O) groups is 2. The summed E-state index contributed by atoms with van der Waals surface area (Å²) in [6.07, 6.45) is 0. The minimum Gasteiger partial charge on any atom is -0.497 e. The summed E-state index contributed by atoms with van der Waals surface area (Å²) in [7, 11) is 4.80. The second kappa shape index (κ2) is 8.93. The fourth-order valence-electron chi connectivity index (χ4n) is 2.82. The van der Waals surface area contributed by atoms with Gasteiger partial charge in [-0.25, -0.2) is 0 Å². The summed E-state index contributed by atoms with van der Waals surface area (Å²) >= 11 is 0. The van der Waals surface area contributed by atoms with Crippen LogP contribution < -0.4 is 19.7 Å². The van der Waals surface area contributed by atoms with Gasteiger partial charge in [0.2, 0.25) is 0 Å². The minimum atomic E-state index is -0.302. The summed E-state index contributed by atoms with van der Waals surface area (Å²) in [4.78, 5) is 26.8. The van der Waals surface area contributed by atoms with Crippen molar-refractivity contribution in [2.45, 2.75) is 0 Å². The number of amides is 2. The van der Waals surface area contributed by atoms with Gasteiger partial charge in [-0.05, 0) is 48.5 Å². The van der Waals surface area contributed by atoms with E-state index in [0.717, 1.165) is 5.69 Å². The normalized spacial score (nSPS) is 10.2. The van der Waals surface area contributed by atoms with E-state index in [2.05, 4.69) is 5.32 Å². The molecule has 0 unspecified atom stereocenters. The smallest absolute Gasteiger partial charge is 0.258 e. The summed E-state index contributed by atoms with van der Waals surface area (Å²) < 4.78 is 10.5. The molecule has 3 aromatic carbocycles. The first-order valence-electron chi connectivity index (χ1n) is 9.00. The molecular weight excluding hydrogens is 368 g/mol. The Hall–Kier alpha value is -3.80. The van der Waals surface area contributed by atoms with E-state index >= 15 is 0 Å². The van der Waals surface area contributed by atoms with Crippen LogP contribution in [0.25, 0.3) is 0 Å². The largest absolute Gasteiger partial charge is 0.497 e. The number of rotatable bonds is 6. The lowest BCUT2D eigenvalue weighted by atomic mass is 10.1. The number of benzene rings is 3. The van der Waals surface area contributed by atoms with E-state index in [1.807, 2.05) is 30.3 Å². The van der Waals surface area contributed by atoms with Gasteiger partial charge in [0.25, 0.3) is 11.8 Å². The molecule has 6 nitrogen and oxygen atoms in total. The molecule has 0 saturated heterocycles. The lowest BCUT2D eigenvalue weighted by Gasteiger charge is -2.17. The van der Waals surface area contributed by atoms with Crippen molar-refractivity contribution >= 4 is 23.2 Å². The molecule has 0 aliphatic rings. The average molecular weight is 390 g/mol. The maximum absolute atomic E-state index is 12.7. The third-order valence-electron chi connectivity index (χ3n) is 4.50. The monoisotopic (exact) mass is 390 g/mol. The van der Waals surface area contributed by atoms with E-state index in [1.54, 1.807) is 61.5 Å². The van der Waals surface area contributed by atoms with Crippen molar-refractivity contribution in [3.8, 4) is 11.5 Å². The van der Waals surface area contributed by atoms with Crippen LogP contribution in [-0.2, 0) is 0 Å². The molecule has 3 rings (SSSR count). The van der Waals surface area contributed by atoms with Crippen LogP contribution in [0.4, 0.5) is 11.4 Å². The Morgan fingerprint density at radius 2 is 1.48 bits per heavy atom. The van der Waals surface area contributed by atoms with E-state index in [1.165, 1.54) is 7.11 Å². The van der Waals surface area contributed by atoms with Gasteiger partial charge in [-0.3, -0.25) is 9.59 Å². The maximum atomic E-state index is 12.7.